The van der Waals surface area contributed by atoms with Crippen LogP contribution in [0.25, 0.3) is 0 Å². The predicted octanol–water partition coefficient (Wildman–Crippen LogP) is 3.35. The standard InChI is InChI=1S/C25H34N2O4/c1-2-30-21-3-5-22(6-4-21)31-17-23(28)26-7-9-27(10-8-26)24(29)25-14-18-11-19(15-25)13-20(12-18)16-25/h3-6,18-20H,2,7-17H2,1H3. The van der Waals surface area contributed by atoms with Crippen molar-refractivity contribution >= 4 is 11.8 Å². The van der Waals surface area contributed by atoms with Gasteiger partial charge in [-0.1, -0.05) is 0 Å². The first-order valence-corrected chi connectivity index (χ1v) is 12.0. The summed E-state index contributed by atoms with van der Waals surface area (Å²) in [7, 11) is 0. The highest BCUT2D eigenvalue weighted by Crippen LogP contribution is 2.60. The fourth-order valence-corrected chi connectivity index (χ4v) is 6.90. The molecular formula is C25H34N2O4. The van der Waals surface area contributed by atoms with Gasteiger partial charge in [-0.3, -0.25) is 9.59 Å². The number of hydrogen-bond donors (Lipinski definition) is 0. The van der Waals surface area contributed by atoms with E-state index >= 15 is 0 Å². The van der Waals surface area contributed by atoms with Crippen LogP contribution in [0.5, 0.6) is 11.5 Å². The number of piperazine rings is 1. The number of amides is 2. The van der Waals surface area contributed by atoms with Gasteiger partial charge in [0, 0.05) is 26.2 Å². The highest BCUT2D eigenvalue weighted by atomic mass is 16.5. The number of ether oxygens (including phenoxy) is 2. The quantitative estimate of drug-likeness (QED) is 0.700. The maximum Gasteiger partial charge on any atom is 0.260 e. The second kappa shape index (κ2) is 8.36. The van der Waals surface area contributed by atoms with Crippen molar-refractivity contribution in [3.63, 3.8) is 0 Å². The Morgan fingerprint density at radius 3 is 1.84 bits per heavy atom. The van der Waals surface area contributed by atoms with Crippen molar-refractivity contribution in [2.24, 2.45) is 23.2 Å². The number of benzene rings is 1. The number of hydrogen-bond acceptors (Lipinski definition) is 4. The second-order valence-corrected chi connectivity index (χ2v) is 10.1. The molecule has 4 saturated carbocycles. The van der Waals surface area contributed by atoms with Crippen molar-refractivity contribution in [2.75, 3.05) is 39.4 Å². The van der Waals surface area contributed by atoms with Gasteiger partial charge in [-0.15, -0.1) is 0 Å². The fraction of sp³-hybridized carbons (Fsp3) is 0.680. The molecule has 168 valence electrons. The minimum absolute atomic E-state index is 0.0178. The first-order chi connectivity index (χ1) is 15.0. The minimum atomic E-state index is -0.0856. The zero-order valence-electron chi connectivity index (χ0n) is 18.6. The molecule has 0 atom stereocenters. The Hall–Kier alpha value is -2.24. The predicted molar refractivity (Wildman–Crippen MR) is 117 cm³/mol. The summed E-state index contributed by atoms with van der Waals surface area (Å²) >= 11 is 0. The summed E-state index contributed by atoms with van der Waals surface area (Å²) < 4.78 is 11.1. The van der Waals surface area contributed by atoms with Gasteiger partial charge < -0.3 is 19.3 Å². The van der Waals surface area contributed by atoms with E-state index in [1.165, 1.54) is 19.3 Å². The third kappa shape index (κ3) is 4.13. The van der Waals surface area contributed by atoms with Crippen LogP contribution in [0, 0.1) is 23.2 Å². The van der Waals surface area contributed by atoms with Crippen LogP contribution in [0.3, 0.4) is 0 Å². The number of nitrogens with zero attached hydrogens (tertiary/aromatic N) is 2. The highest BCUT2D eigenvalue weighted by molar-refractivity contribution is 5.84. The Morgan fingerprint density at radius 1 is 0.839 bits per heavy atom. The van der Waals surface area contributed by atoms with E-state index < -0.39 is 0 Å². The molecular weight excluding hydrogens is 392 g/mol. The lowest BCUT2D eigenvalue weighted by molar-refractivity contribution is -0.160. The molecule has 0 radical (unpaired) electrons. The van der Waals surface area contributed by atoms with Crippen molar-refractivity contribution in [3.05, 3.63) is 24.3 Å². The molecule has 5 fully saturated rings. The van der Waals surface area contributed by atoms with E-state index in [1.807, 2.05) is 41.0 Å². The lowest BCUT2D eigenvalue weighted by atomic mass is 9.49. The van der Waals surface area contributed by atoms with Gasteiger partial charge in [0.2, 0.25) is 5.91 Å². The van der Waals surface area contributed by atoms with Crippen LogP contribution in [-0.2, 0) is 9.59 Å². The Labute approximate surface area is 184 Å². The fourth-order valence-electron chi connectivity index (χ4n) is 6.90. The van der Waals surface area contributed by atoms with Gasteiger partial charge >= 0.3 is 0 Å². The maximum absolute atomic E-state index is 13.5. The molecule has 0 aromatic heterocycles. The van der Waals surface area contributed by atoms with Crippen LogP contribution >= 0.6 is 0 Å². The summed E-state index contributed by atoms with van der Waals surface area (Å²) in [4.78, 5) is 30.0. The molecule has 31 heavy (non-hydrogen) atoms. The zero-order chi connectivity index (χ0) is 21.4. The van der Waals surface area contributed by atoms with Crippen LogP contribution < -0.4 is 9.47 Å². The van der Waals surface area contributed by atoms with Crippen molar-refractivity contribution in [2.45, 2.75) is 45.4 Å². The molecule has 4 bridgehead atoms. The molecule has 4 aliphatic carbocycles. The summed E-state index contributed by atoms with van der Waals surface area (Å²) in [5.74, 6) is 4.14. The second-order valence-electron chi connectivity index (χ2n) is 10.1. The Balaban J connectivity index is 1.11. The normalized spacial score (nSPS) is 31.6. The molecule has 1 aromatic carbocycles. The molecule has 6 heteroatoms. The molecule has 0 N–H and O–H groups in total. The van der Waals surface area contributed by atoms with E-state index in [0.29, 0.717) is 44.4 Å². The van der Waals surface area contributed by atoms with Gasteiger partial charge in [0.1, 0.15) is 11.5 Å². The molecule has 2 amide bonds. The van der Waals surface area contributed by atoms with Crippen LogP contribution in [-0.4, -0.2) is 61.0 Å². The molecule has 1 saturated heterocycles. The van der Waals surface area contributed by atoms with Gasteiger partial charge in [-0.05, 0) is 87.5 Å². The van der Waals surface area contributed by atoms with E-state index in [9.17, 15) is 9.59 Å². The number of carbonyl (C=O) groups excluding carboxylic acids is 2. The van der Waals surface area contributed by atoms with E-state index in [4.69, 9.17) is 9.47 Å². The van der Waals surface area contributed by atoms with Crippen LogP contribution in [0.15, 0.2) is 24.3 Å². The molecule has 0 spiro atoms. The average molecular weight is 427 g/mol. The molecule has 1 aliphatic heterocycles. The first-order valence-electron chi connectivity index (χ1n) is 12.0. The number of carbonyl (C=O) groups is 2. The summed E-state index contributed by atoms with van der Waals surface area (Å²) in [6, 6.07) is 7.33. The van der Waals surface area contributed by atoms with Crippen molar-refractivity contribution in [3.8, 4) is 11.5 Å². The summed E-state index contributed by atoms with van der Waals surface area (Å²) in [5.41, 5.74) is -0.0856. The number of rotatable bonds is 6. The third-order valence-corrected chi connectivity index (χ3v) is 7.91. The van der Waals surface area contributed by atoms with E-state index in [1.54, 1.807) is 0 Å². The SMILES string of the molecule is CCOc1ccc(OCC(=O)N2CCN(C(=O)C34CC5CC(CC(C5)C3)C4)CC2)cc1. The van der Waals surface area contributed by atoms with Crippen LogP contribution in [0.1, 0.15) is 45.4 Å². The van der Waals surface area contributed by atoms with Gasteiger partial charge in [0.05, 0.1) is 12.0 Å². The van der Waals surface area contributed by atoms with Crippen molar-refractivity contribution in [1.29, 1.82) is 0 Å². The average Bonchev–Trinajstić information content (AvgIpc) is 2.77. The molecule has 1 aromatic rings. The summed E-state index contributed by atoms with van der Waals surface area (Å²) in [6.07, 6.45) is 7.36. The Bertz CT molecular complexity index is 778. The Morgan fingerprint density at radius 2 is 1.32 bits per heavy atom. The van der Waals surface area contributed by atoms with Crippen molar-refractivity contribution < 1.29 is 19.1 Å². The van der Waals surface area contributed by atoms with Crippen molar-refractivity contribution in [1.82, 2.24) is 9.80 Å². The maximum atomic E-state index is 13.5. The molecule has 1 heterocycles. The minimum Gasteiger partial charge on any atom is -0.494 e. The van der Waals surface area contributed by atoms with Gasteiger partial charge in [0.25, 0.3) is 5.91 Å². The monoisotopic (exact) mass is 426 g/mol. The molecule has 6 rings (SSSR count). The Kier molecular flexibility index (Phi) is 5.57. The van der Waals surface area contributed by atoms with Gasteiger partial charge in [-0.25, -0.2) is 0 Å². The van der Waals surface area contributed by atoms with Gasteiger partial charge in [0.15, 0.2) is 6.61 Å². The van der Waals surface area contributed by atoms with Crippen LogP contribution in [0.4, 0.5) is 0 Å². The molecule has 6 nitrogen and oxygen atoms in total. The third-order valence-electron chi connectivity index (χ3n) is 7.91. The van der Waals surface area contributed by atoms with E-state index in [0.717, 1.165) is 42.8 Å². The van der Waals surface area contributed by atoms with Gasteiger partial charge in [-0.2, -0.15) is 0 Å². The molecule has 5 aliphatic rings. The first kappa shape index (κ1) is 20.7. The smallest absolute Gasteiger partial charge is 0.260 e. The zero-order valence-corrected chi connectivity index (χ0v) is 18.6. The van der Waals surface area contributed by atoms with E-state index in [-0.39, 0.29) is 17.9 Å². The summed E-state index contributed by atoms with van der Waals surface area (Å²) in [6.45, 7) is 5.09. The van der Waals surface area contributed by atoms with Crippen LogP contribution in [0.2, 0.25) is 0 Å². The lowest BCUT2D eigenvalue weighted by Crippen LogP contribution is -2.58. The molecule has 0 unspecified atom stereocenters. The summed E-state index contributed by atoms with van der Waals surface area (Å²) in [5, 5.41) is 0. The topological polar surface area (TPSA) is 59.1 Å². The van der Waals surface area contributed by atoms with E-state index in [2.05, 4.69) is 0 Å². The highest BCUT2D eigenvalue weighted by Gasteiger charge is 2.55. The largest absolute Gasteiger partial charge is 0.494 e. The lowest BCUT2D eigenvalue weighted by Gasteiger charge is -2.57.